The molecule has 1 aliphatic heterocycles. The number of allylic oxidation sites excluding steroid dienone is 2. The standard InChI is InChI=1S/C19H29N3O2/c1-4-16(2)18-8-7-9-19(20-18)22-13-11-21(12-14-22)10-5-6-15-24-17(3)23/h4,7-9H,5-6,10-15H2,1-3H3. The monoisotopic (exact) mass is 331 g/mol. The second kappa shape index (κ2) is 9.42. The van der Waals surface area contributed by atoms with Gasteiger partial charge in [0.2, 0.25) is 0 Å². The van der Waals surface area contributed by atoms with Crippen LogP contribution in [0.15, 0.2) is 24.3 Å². The summed E-state index contributed by atoms with van der Waals surface area (Å²) in [6, 6.07) is 6.26. The van der Waals surface area contributed by atoms with E-state index in [1.54, 1.807) is 0 Å². The second-order valence-corrected chi connectivity index (χ2v) is 6.23. The zero-order valence-electron chi connectivity index (χ0n) is 15.1. The summed E-state index contributed by atoms with van der Waals surface area (Å²) in [5, 5.41) is 0. The fourth-order valence-corrected chi connectivity index (χ4v) is 2.82. The average Bonchev–Trinajstić information content (AvgIpc) is 2.61. The Labute approximate surface area is 145 Å². The van der Waals surface area contributed by atoms with E-state index in [4.69, 9.17) is 9.72 Å². The van der Waals surface area contributed by atoms with E-state index in [2.05, 4.69) is 41.0 Å². The van der Waals surface area contributed by atoms with Gasteiger partial charge < -0.3 is 9.64 Å². The minimum absolute atomic E-state index is 0.188. The van der Waals surface area contributed by atoms with Crippen LogP contribution in [-0.2, 0) is 9.53 Å². The molecule has 0 aliphatic carbocycles. The fourth-order valence-electron chi connectivity index (χ4n) is 2.82. The lowest BCUT2D eigenvalue weighted by molar-refractivity contribution is -0.141. The topological polar surface area (TPSA) is 45.7 Å². The highest BCUT2D eigenvalue weighted by Gasteiger charge is 2.17. The maximum absolute atomic E-state index is 10.7. The third kappa shape index (κ3) is 5.64. The van der Waals surface area contributed by atoms with Crippen LogP contribution in [0.25, 0.3) is 5.57 Å². The van der Waals surface area contributed by atoms with Crippen molar-refractivity contribution in [2.45, 2.75) is 33.6 Å². The number of anilines is 1. The molecule has 1 saturated heterocycles. The smallest absolute Gasteiger partial charge is 0.302 e. The SMILES string of the molecule is CC=C(C)c1cccc(N2CCN(CCCCOC(C)=O)CC2)n1. The number of pyridine rings is 1. The quantitative estimate of drug-likeness (QED) is 0.568. The number of ether oxygens (including phenoxy) is 1. The number of nitrogens with zero attached hydrogens (tertiary/aromatic N) is 3. The number of piperazine rings is 1. The molecule has 2 heterocycles. The van der Waals surface area contributed by atoms with Crippen molar-refractivity contribution in [1.82, 2.24) is 9.88 Å². The lowest BCUT2D eigenvalue weighted by Gasteiger charge is -2.35. The largest absolute Gasteiger partial charge is 0.466 e. The Bertz CT molecular complexity index is 563. The summed E-state index contributed by atoms with van der Waals surface area (Å²) in [4.78, 5) is 20.3. The molecule has 5 nitrogen and oxygen atoms in total. The number of carbonyl (C=O) groups is 1. The highest BCUT2D eigenvalue weighted by molar-refractivity contribution is 5.65. The molecule has 1 aromatic rings. The van der Waals surface area contributed by atoms with Gasteiger partial charge >= 0.3 is 5.97 Å². The first-order valence-electron chi connectivity index (χ1n) is 8.81. The number of hydrogen-bond acceptors (Lipinski definition) is 5. The van der Waals surface area contributed by atoms with E-state index in [-0.39, 0.29) is 5.97 Å². The summed E-state index contributed by atoms with van der Waals surface area (Å²) in [5.74, 6) is 0.884. The Morgan fingerprint density at radius 1 is 1.21 bits per heavy atom. The Hall–Kier alpha value is -1.88. The molecule has 0 amide bonds. The predicted octanol–water partition coefficient (Wildman–Crippen LogP) is 2.97. The molecule has 0 radical (unpaired) electrons. The van der Waals surface area contributed by atoms with E-state index in [9.17, 15) is 4.79 Å². The molecule has 0 bridgehead atoms. The van der Waals surface area contributed by atoms with Crippen molar-refractivity contribution in [2.24, 2.45) is 0 Å². The number of hydrogen-bond donors (Lipinski definition) is 0. The lowest BCUT2D eigenvalue weighted by atomic mass is 10.2. The van der Waals surface area contributed by atoms with Crippen molar-refractivity contribution in [3.05, 3.63) is 30.0 Å². The average molecular weight is 331 g/mol. The maximum Gasteiger partial charge on any atom is 0.302 e. The van der Waals surface area contributed by atoms with Gasteiger partial charge in [0.15, 0.2) is 0 Å². The van der Waals surface area contributed by atoms with Crippen LogP contribution in [0, 0.1) is 0 Å². The first kappa shape index (κ1) is 18.5. The first-order valence-corrected chi connectivity index (χ1v) is 8.81. The molecule has 0 N–H and O–H groups in total. The molecule has 1 aliphatic rings. The molecule has 0 saturated carbocycles. The van der Waals surface area contributed by atoms with Crippen molar-refractivity contribution in [2.75, 3.05) is 44.2 Å². The van der Waals surface area contributed by atoms with Gasteiger partial charge in [-0.05, 0) is 50.9 Å². The summed E-state index contributed by atoms with van der Waals surface area (Å²) >= 11 is 0. The molecule has 0 unspecified atom stereocenters. The van der Waals surface area contributed by atoms with Crippen LogP contribution in [0.1, 0.15) is 39.3 Å². The summed E-state index contributed by atoms with van der Waals surface area (Å²) in [6.07, 6.45) is 4.10. The van der Waals surface area contributed by atoms with Crippen molar-refractivity contribution < 1.29 is 9.53 Å². The van der Waals surface area contributed by atoms with E-state index < -0.39 is 0 Å². The van der Waals surface area contributed by atoms with Crippen LogP contribution < -0.4 is 4.90 Å². The number of unbranched alkanes of at least 4 members (excludes halogenated alkanes) is 1. The van der Waals surface area contributed by atoms with Gasteiger partial charge in [0.1, 0.15) is 5.82 Å². The second-order valence-electron chi connectivity index (χ2n) is 6.23. The molecule has 24 heavy (non-hydrogen) atoms. The highest BCUT2D eigenvalue weighted by atomic mass is 16.5. The summed E-state index contributed by atoms with van der Waals surface area (Å²) in [6.45, 7) is 11.3. The van der Waals surface area contributed by atoms with Gasteiger partial charge in [-0.25, -0.2) is 4.98 Å². The molecular weight excluding hydrogens is 302 g/mol. The first-order chi connectivity index (χ1) is 11.6. The minimum Gasteiger partial charge on any atom is -0.466 e. The summed E-state index contributed by atoms with van der Waals surface area (Å²) in [7, 11) is 0. The zero-order valence-corrected chi connectivity index (χ0v) is 15.1. The van der Waals surface area contributed by atoms with Gasteiger partial charge in [-0.15, -0.1) is 0 Å². The fraction of sp³-hybridized carbons (Fsp3) is 0.579. The summed E-state index contributed by atoms with van der Waals surface area (Å²) < 4.78 is 4.97. The Morgan fingerprint density at radius 3 is 2.62 bits per heavy atom. The van der Waals surface area contributed by atoms with Gasteiger partial charge in [0.05, 0.1) is 12.3 Å². The van der Waals surface area contributed by atoms with E-state index in [0.29, 0.717) is 6.61 Å². The normalized spacial score (nSPS) is 16.3. The van der Waals surface area contributed by atoms with Crippen molar-refractivity contribution in [3.8, 4) is 0 Å². The van der Waals surface area contributed by atoms with Gasteiger partial charge in [0, 0.05) is 33.1 Å². The van der Waals surface area contributed by atoms with Crippen LogP contribution in [0.5, 0.6) is 0 Å². The van der Waals surface area contributed by atoms with Crippen LogP contribution in [-0.4, -0.2) is 55.2 Å². The van der Waals surface area contributed by atoms with E-state index in [0.717, 1.165) is 57.1 Å². The number of esters is 1. The Kier molecular flexibility index (Phi) is 7.25. The number of aromatic nitrogens is 1. The molecular formula is C19H29N3O2. The van der Waals surface area contributed by atoms with E-state index in [1.165, 1.54) is 12.5 Å². The number of carbonyl (C=O) groups excluding carboxylic acids is 1. The Balaban J connectivity index is 1.75. The predicted molar refractivity (Wildman–Crippen MR) is 98.1 cm³/mol. The summed E-state index contributed by atoms with van der Waals surface area (Å²) in [5.41, 5.74) is 2.27. The third-order valence-electron chi connectivity index (χ3n) is 4.44. The van der Waals surface area contributed by atoms with E-state index >= 15 is 0 Å². The Morgan fingerprint density at radius 2 is 1.96 bits per heavy atom. The van der Waals surface area contributed by atoms with Gasteiger partial charge in [0.25, 0.3) is 0 Å². The van der Waals surface area contributed by atoms with Crippen molar-refractivity contribution in [3.63, 3.8) is 0 Å². The molecule has 1 fully saturated rings. The van der Waals surface area contributed by atoms with E-state index in [1.807, 2.05) is 6.92 Å². The molecule has 0 atom stereocenters. The molecule has 0 spiro atoms. The number of rotatable bonds is 7. The third-order valence-corrected chi connectivity index (χ3v) is 4.44. The minimum atomic E-state index is -0.188. The molecule has 132 valence electrons. The molecule has 0 aromatic carbocycles. The zero-order chi connectivity index (χ0) is 17.4. The van der Waals surface area contributed by atoms with Gasteiger partial charge in [-0.1, -0.05) is 12.1 Å². The van der Waals surface area contributed by atoms with Gasteiger partial charge in [-0.3, -0.25) is 9.69 Å². The molecule has 5 heteroatoms. The molecule has 2 rings (SSSR count). The van der Waals surface area contributed by atoms with Crippen LogP contribution >= 0.6 is 0 Å². The van der Waals surface area contributed by atoms with Crippen LogP contribution in [0.2, 0.25) is 0 Å². The van der Waals surface area contributed by atoms with Crippen molar-refractivity contribution in [1.29, 1.82) is 0 Å². The van der Waals surface area contributed by atoms with Crippen LogP contribution in [0.4, 0.5) is 5.82 Å². The maximum atomic E-state index is 10.7. The van der Waals surface area contributed by atoms with Gasteiger partial charge in [-0.2, -0.15) is 0 Å². The van der Waals surface area contributed by atoms with Crippen LogP contribution in [0.3, 0.4) is 0 Å². The highest BCUT2D eigenvalue weighted by Crippen LogP contribution is 2.18. The lowest BCUT2D eigenvalue weighted by Crippen LogP contribution is -2.47. The molecule has 1 aromatic heterocycles. The van der Waals surface area contributed by atoms with Crippen molar-refractivity contribution >= 4 is 17.4 Å².